The predicted octanol–water partition coefficient (Wildman–Crippen LogP) is 2.80. The van der Waals surface area contributed by atoms with Crippen molar-refractivity contribution in [2.75, 3.05) is 6.61 Å². The lowest BCUT2D eigenvalue weighted by molar-refractivity contribution is -0.124. The molecule has 1 atom stereocenters. The first-order valence-corrected chi connectivity index (χ1v) is 7.92. The molecule has 1 aromatic heterocycles. The number of carbonyl (C=O) groups excluding carboxylic acids is 1. The van der Waals surface area contributed by atoms with Gasteiger partial charge >= 0.3 is 0 Å². The highest BCUT2D eigenvalue weighted by molar-refractivity contribution is 6.35. The van der Waals surface area contributed by atoms with E-state index in [4.69, 9.17) is 27.9 Å². The Morgan fingerprint density at radius 2 is 2.17 bits per heavy atom. The van der Waals surface area contributed by atoms with Crippen molar-refractivity contribution >= 4 is 29.1 Å². The number of rotatable bonds is 7. The van der Waals surface area contributed by atoms with Crippen molar-refractivity contribution in [1.29, 1.82) is 0 Å². The third kappa shape index (κ3) is 5.41. The van der Waals surface area contributed by atoms with Gasteiger partial charge < -0.3 is 10.1 Å². The molecule has 0 unspecified atom stereocenters. The first-order chi connectivity index (χ1) is 11.0. The fraction of sp³-hybridized carbons (Fsp3) is 0.400. The minimum Gasteiger partial charge on any atom is -0.482 e. The predicted molar refractivity (Wildman–Crippen MR) is 88.7 cm³/mol. The number of hydrogen-bond donors (Lipinski definition) is 1. The van der Waals surface area contributed by atoms with E-state index >= 15 is 0 Å². The molecule has 0 spiro atoms. The highest BCUT2D eigenvalue weighted by Crippen LogP contribution is 2.27. The highest BCUT2D eigenvalue weighted by atomic mass is 35.5. The minimum absolute atomic E-state index is 0.0755. The SMILES string of the molecule is CC(C)[C@@H](Cn1ccnn1)NC(=O)COc1ccc(Cl)cc1Cl. The number of nitrogens with zero attached hydrogens (tertiary/aromatic N) is 3. The van der Waals surface area contributed by atoms with E-state index in [0.717, 1.165) is 0 Å². The zero-order valence-electron chi connectivity index (χ0n) is 12.9. The van der Waals surface area contributed by atoms with Gasteiger partial charge in [-0.25, -0.2) is 0 Å². The third-order valence-electron chi connectivity index (χ3n) is 3.26. The molecular formula is C15H18Cl2N4O2. The number of halogens is 2. The maximum Gasteiger partial charge on any atom is 0.258 e. The molecule has 2 rings (SSSR count). The lowest BCUT2D eigenvalue weighted by Gasteiger charge is -2.22. The number of amides is 1. The molecule has 6 nitrogen and oxygen atoms in total. The van der Waals surface area contributed by atoms with Gasteiger partial charge in [-0.3, -0.25) is 9.48 Å². The van der Waals surface area contributed by atoms with Gasteiger partial charge in [0.05, 0.1) is 23.8 Å². The average Bonchev–Trinajstić information content (AvgIpc) is 2.98. The van der Waals surface area contributed by atoms with Crippen molar-refractivity contribution in [3.63, 3.8) is 0 Å². The summed E-state index contributed by atoms with van der Waals surface area (Å²) in [5.74, 6) is 0.431. The first kappa shape index (κ1) is 17.6. The fourth-order valence-corrected chi connectivity index (χ4v) is 2.40. The first-order valence-electron chi connectivity index (χ1n) is 7.17. The number of benzene rings is 1. The zero-order valence-corrected chi connectivity index (χ0v) is 14.4. The fourth-order valence-electron chi connectivity index (χ4n) is 1.94. The van der Waals surface area contributed by atoms with Crippen LogP contribution in [0.5, 0.6) is 5.75 Å². The topological polar surface area (TPSA) is 69.0 Å². The highest BCUT2D eigenvalue weighted by Gasteiger charge is 2.18. The molecule has 0 aliphatic rings. The maximum atomic E-state index is 12.1. The molecular weight excluding hydrogens is 339 g/mol. The van der Waals surface area contributed by atoms with Crippen molar-refractivity contribution in [2.24, 2.45) is 5.92 Å². The van der Waals surface area contributed by atoms with Crippen LogP contribution in [0.25, 0.3) is 0 Å². The standard InChI is InChI=1S/C15H18Cl2N4O2/c1-10(2)13(8-21-6-5-18-20-21)19-15(22)9-23-14-4-3-11(16)7-12(14)17/h3-7,10,13H,8-9H2,1-2H3,(H,19,22)/t13-/m1/s1. The molecule has 0 fully saturated rings. The van der Waals surface area contributed by atoms with Crippen LogP contribution in [0.1, 0.15) is 13.8 Å². The normalized spacial score (nSPS) is 12.2. The molecule has 0 aliphatic carbocycles. The smallest absolute Gasteiger partial charge is 0.258 e. The Balaban J connectivity index is 1.89. The quantitative estimate of drug-likeness (QED) is 0.827. The molecule has 1 N–H and O–H groups in total. The third-order valence-corrected chi connectivity index (χ3v) is 3.79. The number of ether oxygens (including phenoxy) is 1. The summed E-state index contributed by atoms with van der Waals surface area (Å²) in [6.45, 7) is 4.48. The van der Waals surface area contributed by atoms with Gasteiger partial charge in [0.2, 0.25) is 0 Å². The second-order valence-corrected chi connectivity index (χ2v) is 6.25. The lowest BCUT2D eigenvalue weighted by atomic mass is 10.0. The molecule has 0 saturated heterocycles. The summed E-state index contributed by atoms with van der Waals surface area (Å²) in [5, 5.41) is 11.5. The second kappa shape index (κ2) is 8.17. The second-order valence-electron chi connectivity index (χ2n) is 5.41. The Bertz CT molecular complexity index is 647. The summed E-state index contributed by atoms with van der Waals surface area (Å²) in [4.78, 5) is 12.1. The summed E-state index contributed by atoms with van der Waals surface area (Å²) >= 11 is 11.8. The Morgan fingerprint density at radius 3 is 2.78 bits per heavy atom. The van der Waals surface area contributed by atoms with Gasteiger partial charge in [-0.2, -0.15) is 0 Å². The van der Waals surface area contributed by atoms with Crippen molar-refractivity contribution < 1.29 is 9.53 Å². The van der Waals surface area contributed by atoms with Crippen LogP contribution in [-0.4, -0.2) is 33.5 Å². The summed E-state index contributed by atoms with van der Waals surface area (Å²) in [5.41, 5.74) is 0. The molecule has 124 valence electrons. The van der Waals surface area contributed by atoms with Gasteiger partial charge in [-0.1, -0.05) is 42.3 Å². The lowest BCUT2D eigenvalue weighted by Crippen LogP contribution is -2.43. The van der Waals surface area contributed by atoms with Gasteiger partial charge in [0, 0.05) is 11.2 Å². The number of carbonyl (C=O) groups is 1. The molecule has 2 aromatic rings. The van der Waals surface area contributed by atoms with Gasteiger partial charge in [-0.15, -0.1) is 5.10 Å². The molecule has 0 saturated carbocycles. The van der Waals surface area contributed by atoms with Gasteiger partial charge in [0.1, 0.15) is 5.75 Å². The van der Waals surface area contributed by atoms with E-state index in [1.54, 1.807) is 35.3 Å². The van der Waals surface area contributed by atoms with Crippen LogP contribution in [0.3, 0.4) is 0 Å². The Morgan fingerprint density at radius 1 is 1.39 bits per heavy atom. The average molecular weight is 357 g/mol. The molecule has 0 bridgehead atoms. The molecule has 0 aliphatic heterocycles. The van der Waals surface area contributed by atoms with Crippen LogP contribution in [0, 0.1) is 5.92 Å². The summed E-state index contributed by atoms with van der Waals surface area (Å²) in [7, 11) is 0. The van der Waals surface area contributed by atoms with Crippen LogP contribution in [0.4, 0.5) is 0 Å². The zero-order chi connectivity index (χ0) is 16.8. The van der Waals surface area contributed by atoms with Crippen molar-refractivity contribution in [1.82, 2.24) is 20.3 Å². The van der Waals surface area contributed by atoms with E-state index in [1.165, 1.54) is 0 Å². The van der Waals surface area contributed by atoms with Gasteiger partial charge in [-0.05, 0) is 24.1 Å². The van der Waals surface area contributed by atoms with E-state index in [0.29, 0.717) is 22.3 Å². The van der Waals surface area contributed by atoms with Crippen LogP contribution in [0.2, 0.25) is 10.0 Å². The summed E-state index contributed by atoms with van der Waals surface area (Å²) in [6, 6.07) is 4.78. The van der Waals surface area contributed by atoms with Crippen LogP contribution in [-0.2, 0) is 11.3 Å². The van der Waals surface area contributed by atoms with Crippen LogP contribution in [0.15, 0.2) is 30.6 Å². The van der Waals surface area contributed by atoms with Crippen LogP contribution < -0.4 is 10.1 Å². The number of nitrogens with one attached hydrogen (secondary N) is 1. The van der Waals surface area contributed by atoms with E-state index in [1.807, 2.05) is 13.8 Å². The molecule has 8 heteroatoms. The molecule has 0 radical (unpaired) electrons. The maximum absolute atomic E-state index is 12.1. The Labute approximate surface area is 144 Å². The van der Waals surface area contributed by atoms with Crippen molar-refractivity contribution in [3.8, 4) is 5.75 Å². The van der Waals surface area contributed by atoms with Gasteiger partial charge in [0.25, 0.3) is 5.91 Å². The summed E-state index contributed by atoms with van der Waals surface area (Å²) < 4.78 is 7.11. The van der Waals surface area contributed by atoms with Crippen molar-refractivity contribution in [2.45, 2.75) is 26.4 Å². The Kier molecular flexibility index (Phi) is 6.24. The van der Waals surface area contributed by atoms with Crippen LogP contribution >= 0.6 is 23.2 Å². The van der Waals surface area contributed by atoms with E-state index in [2.05, 4.69) is 15.6 Å². The molecule has 23 heavy (non-hydrogen) atoms. The van der Waals surface area contributed by atoms with Gasteiger partial charge in [0.15, 0.2) is 6.61 Å². The number of hydrogen-bond acceptors (Lipinski definition) is 4. The largest absolute Gasteiger partial charge is 0.482 e. The summed E-state index contributed by atoms with van der Waals surface area (Å²) in [6.07, 6.45) is 3.36. The molecule has 1 amide bonds. The monoisotopic (exact) mass is 356 g/mol. The molecule has 1 heterocycles. The Hall–Kier alpha value is -1.79. The minimum atomic E-state index is -0.227. The number of aromatic nitrogens is 3. The van der Waals surface area contributed by atoms with E-state index < -0.39 is 0 Å². The van der Waals surface area contributed by atoms with Crippen molar-refractivity contribution in [3.05, 3.63) is 40.6 Å². The van der Waals surface area contributed by atoms with E-state index in [9.17, 15) is 4.79 Å². The van der Waals surface area contributed by atoms with E-state index in [-0.39, 0.29) is 24.5 Å². The molecule has 1 aromatic carbocycles.